The van der Waals surface area contributed by atoms with Crippen molar-refractivity contribution in [1.29, 1.82) is 0 Å². The molecular formula is C56H64Br4. The van der Waals surface area contributed by atoms with Gasteiger partial charge in [-0.25, -0.2) is 0 Å². The number of terminal acetylenes is 2. The zero-order valence-electron chi connectivity index (χ0n) is 35.7. The van der Waals surface area contributed by atoms with Crippen LogP contribution in [0.25, 0.3) is 34.4 Å². The van der Waals surface area contributed by atoms with E-state index in [1.165, 1.54) is 158 Å². The fourth-order valence-electron chi connectivity index (χ4n) is 10.4. The summed E-state index contributed by atoms with van der Waals surface area (Å²) in [6, 6.07) is 28.2. The molecule has 0 N–H and O–H groups in total. The van der Waals surface area contributed by atoms with Crippen LogP contribution >= 0.6 is 63.7 Å². The van der Waals surface area contributed by atoms with E-state index in [0.29, 0.717) is 0 Å². The first-order chi connectivity index (χ1) is 29.5. The average Bonchev–Trinajstić information content (AvgIpc) is 3.70. The molecule has 0 atom stereocenters. The Labute approximate surface area is 397 Å². The minimum Gasteiger partial charge on any atom is -0.115 e. The van der Waals surface area contributed by atoms with Crippen molar-refractivity contribution in [3.63, 3.8) is 0 Å². The van der Waals surface area contributed by atoms with Gasteiger partial charge in [-0.05, 0) is 131 Å². The molecule has 6 rings (SSSR count). The molecule has 0 saturated heterocycles. The van der Waals surface area contributed by atoms with E-state index >= 15 is 0 Å². The highest BCUT2D eigenvalue weighted by molar-refractivity contribution is 9.09. The smallest absolute Gasteiger partial charge is 0.0246 e. The third-order valence-corrected chi connectivity index (χ3v) is 15.8. The standard InChI is InChI=1S/C56H64Br4/c1-3-43-23-27-47-49-29-25-45(41-53(49)55(51(47)39-43,31-13-5-9-17-35-57)32-14-6-10-18-36-58)21-22-46-26-30-50-48-28-24-44(4-2)40-52(48)56(54(50)42-46,33-15-7-11-19-37-59)34-16-8-12-20-38-60/h1-2,21-30,39-42H,5-20,31-38H2/b22-21+. The summed E-state index contributed by atoms with van der Waals surface area (Å²) in [4.78, 5) is 0. The number of alkyl halides is 4. The van der Waals surface area contributed by atoms with Crippen LogP contribution in [0.4, 0.5) is 0 Å². The molecule has 0 bridgehead atoms. The maximum absolute atomic E-state index is 6.06. The number of unbranched alkanes of at least 4 members (excludes halogenated alkanes) is 12. The Kier molecular flexibility index (Phi) is 18.8. The van der Waals surface area contributed by atoms with E-state index < -0.39 is 0 Å². The number of fused-ring (bicyclic) bond motifs is 6. The summed E-state index contributed by atoms with van der Waals surface area (Å²) in [7, 11) is 0. The minimum atomic E-state index is -0.0244. The molecule has 4 aromatic rings. The molecular weight excluding hydrogens is 992 g/mol. The Balaban J connectivity index is 1.37. The fourth-order valence-corrected chi connectivity index (χ4v) is 12.0. The van der Waals surface area contributed by atoms with Gasteiger partial charge in [0.25, 0.3) is 0 Å². The molecule has 0 aliphatic heterocycles. The second kappa shape index (κ2) is 23.9. The van der Waals surface area contributed by atoms with Gasteiger partial charge in [-0.15, -0.1) is 12.8 Å². The van der Waals surface area contributed by atoms with Crippen molar-refractivity contribution in [1.82, 2.24) is 0 Å². The quantitative estimate of drug-likeness (QED) is 0.0254. The molecule has 0 amide bonds. The molecule has 2 aliphatic carbocycles. The predicted octanol–water partition coefficient (Wildman–Crippen LogP) is 17.7. The van der Waals surface area contributed by atoms with Crippen molar-refractivity contribution in [2.24, 2.45) is 0 Å². The second-order valence-electron chi connectivity index (χ2n) is 17.3. The Morgan fingerprint density at radius 1 is 0.367 bits per heavy atom. The largest absolute Gasteiger partial charge is 0.115 e. The highest BCUT2D eigenvalue weighted by atomic mass is 79.9. The van der Waals surface area contributed by atoms with Gasteiger partial charge in [0, 0.05) is 43.3 Å². The van der Waals surface area contributed by atoms with Gasteiger partial charge in [-0.1, -0.05) is 213 Å². The van der Waals surface area contributed by atoms with Gasteiger partial charge in [-0.2, -0.15) is 0 Å². The Morgan fingerprint density at radius 3 is 0.950 bits per heavy atom. The summed E-state index contributed by atoms with van der Waals surface area (Å²) in [5.74, 6) is 5.96. The normalized spacial score (nSPS) is 14.1. The Hall–Kier alpha value is -2.34. The van der Waals surface area contributed by atoms with E-state index in [2.05, 4.69) is 161 Å². The maximum atomic E-state index is 6.06. The van der Waals surface area contributed by atoms with Crippen LogP contribution in [0.1, 0.15) is 173 Å². The van der Waals surface area contributed by atoms with Crippen molar-refractivity contribution in [3.05, 3.63) is 117 Å². The maximum Gasteiger partial charge on any atom is 0.0246 e. The molecule has 4 heteroatoms. The highest BCUT2D eigenvalue weighted by Crippen LogP contribution is 2.56. The van der Waals surface area contributed by atoms with E-state index in [4.69, 9.17) is 12.8 Å². The molecule has 4 aromatic carbocycles. The second-order valence-corrected chi connectivity index (χ2v) is 20.5. The van der Waals surface area contributed by atoms with Gasteiger partial charge < -0.3 is 0 Å². The molecule has 0 nitrogen and oxygen atoms in total. The van der Waals surface area contributed by atoms with E-state index in [0.717, 1.165) is 58.1 Å². The molecule has 60 heavy (non-hydrogen) atoms. The number of benzene rings is 4. The van der Waals surface area contributed by atoms with Crippen molar-refractivity contribution in [2.75, 3.05) is 21.3 Å². The molecule has 0 saturated carbocycles. The van der Waals surface area contributed by atoms with Crippen LogP contribution in [0, 0.1) is 24.7 Å². The van der Waals surface area contributed by atoms with Gasteiger partial charge in [0.15, 0.2) is 0 Å². The van der Waals surface area contributed by atoms with Gasteiger partial charge in [0.1, 0.15) is 0 Å². The van der Waals surface area contributed by atoms with Crippen LogP contribution in [0.5, 0.6) is 0 Å². The molecule has 2 aliphatic rings. The summed E-state index contributed by atoms with van der Waals surface area (Å²) in [5.41, 5.74) is 15.9. The predicted molar refractivity (Wildman–Crippen MR) is 278 cm³/mol. The molecule has 0 heterocycles. The first-order valence-corrected chi connectivity index (χ1v) is 27.4. The van der Waals surface area contributed by atoms with Crippen molar-refractivity contribution in [2.45, 2.75) is 139 Å². The lowest BCUT2D eigenvalue weighted by Crippen LogP contribution is -2.26. The average molecular weight is 1060 g/mol. The lowest BCUT2D eigenvalue weighted by atomic mass is 9.70. The first-order valence-electron chi connectivity index (χ1n) is 22.9. The summed E-state index contributed by atoms with van der Waals surface area (Å²) >= 11 is 14.6. The van der Waals surface area contributed by atoms with E-state index in [9.17, 15) is 0 Å². The molecule has 0 radical (unpaired) electrons. The Morgan fingerprint density at radius 2 is 0.650 bits per heavy atom. The molecule has 0 spiro atoms. The molecule has 316 valence electrons. The van der Waals surface area contributed by atoms with Crippen molar-refractivity contribution >= 4 is 75.9 Å². The number of hydrogen-bond donors (Lipinski definition) is 0. The van der Waals surface area contributed by atoms with Gasteiger partial charge in [-0.3, -0.25) is 0 Å². The monoisotopic (exact) mass is 1050 g/mol. The van der Waals surface area contributed by atoms with Crippen LogP contribution in [0.3, 0.4) is 0 Å². The van der Waals surface area contributed by atoms with Crippen molar-refractivity contribution in [3.8, 4) is 46.9 Å². The summed E-state index contributed by atoms with van der Waals surface area (Å²) in [5, 5.41) is 4.33. The van der Waals surface area contributed by atoms with Crippen LogP contribution in [-0.4, -0.2) is 21.3 Å². The molecule has 0 fully saturated rings. The van der Waals surface area contributed by atoms with Crippen LogP contribution in [0.15, 0.2) is 72.8 Å². The molecule has 0 aromatic heterocycles. The van der Waals surface area contributed by atoms with Gasteiger partial charge >= 0.3 is 0 Å². The van der Waals surface area contributed by atoms with Crippen molar-refractivity contribution < 1.29 is 0 Å². The van der Waals surface area contributed by atoms with E-state index in [1.807, 2.05) is 0 Å². The lowest BCUT2D eigenvalue weighted by Gasteiger charge is -2.33. The van der Waals surface area contributed by atoms with E-state index in [-0.39, 0.29) is 10.8 Å². The fraction of sp³-hybridized carbons (Fsp3) is 0.464. The Bertz CT molecular complexity index is 1950. The number of hydrogen-bond acceptors (Lipinski definition) is 0. The van der Waals surface area contributed by atoms with Gasteiger partial charge in [0.05, 0.1) is 0 Å². The lowest BCUT2D eigenvalue weighted by molar-refractivity contribution is 0.401. The van der Waals surface area contributed by atoms with Crippen LogP contribution in [0.2, 0.25) is 0 Å². The third-order valence-electron chi connectivity index (χ3n) is 13.5. The van der Waals surface area contributed by atoms with Gasteiger partial charge in [0.2, 0.25) is 0 Å². The zero-order valence-corrected chi connectivity index (χ0v) is 42.1. The highest BCUT2D eigenvalue weighted by Gasteiger charge is 2.44. The zero-order chi connectivity index (χ0) is 42.2. The topological polar surface area (TPSA) is 0 Å². The number of rotatable bonds is 26. The van der Waals surface area contributed by atoms with E-state index in [1.54, 1.807) is 0 Å². The summed E-state index contributed by atoms with van der Waals surface area (Å²) in [6.07, 6.45) is 41.5. The van der Waals surface area contributed by atoms with Crippen LogP contribution in [-0.2, 0) is 10.8 Å². The minimum absolute atomic E-state index is 0.0244. The summed E-state index contributed by atoms with van der Waals surface area (Å²) in [6.45, 7) is 0. The first kappa shape index (κ1) is 47.1. The third kappa shape index (κ3) is 11.1. The number of halogens is 4. The van der Waals surface area contributed by atoms with Crippen LogP contribution < -0.4 is 0 Å². The molecule has 0 unspecified atom stereocenters. The summed E-state index contributed by atoms with van der Waals surface area (Å²) < 4.78 is 0. The SMILES string of the molecule is C#Cc1ccc2c(c1)C(CCCCCCBr)(CCCCCCBr)c1cc(/C=C/c3ccc4c(c3)C(CCCCCCBr)(CCCCCCBr)c3cc(C#C)ccc3-4)ccc1-2.